The molecule has 1 rings (SSSR count). The number of amides is 1. The normalized spacial score (nSPS) is 10.2. The fourth-order valence-electron chi connectivity index (χ4n) is 1.94. The molecule has 0 aromatic heterocycles. The second-order valence-corrected chi connectivity index (χ2v) is 5.05. The first kappa shape index (κ1) is 17.2. The molecule has 0 atom stereocenters. The predicted molar refractivity (Wildman–Crippen MR) is 84.2 cm³/mol. The fraction of sp³-hybridized carbons (Fsp3) is 0.529. The Morgan fingerprint density at radius 2 is 1.67 bits per heavy atom. The van der Waals surface area contributed by atoms with E-state index in [0.717, 1.165) is 25.7 Å². The Balaban J connectivity index is 2.25. The maximum Gasteiger partial charge on any atom is 0.397 e. The maximum atomic E-state index is 11.6. The van der Waals surface area contributed by atoms with E-state index in [1.54, 1.807) is 12.1 Å². The number of ether oxygens (including phenoxy) is 1. The summed E-state index contributed by atoms with van der Waals surface area (Å²) in [6.07, 6.45) is 6.30. The average molecular weight is 291 g/mol. The summed E-state index contributed by atoms with van der Waals surface area (Å²) in [5, 5.41) is 2.54. The van der Waals surface area contributed by atoms with Crippen molar-refractivity contribution in [2.24, 2.45) is 0 Å². The highest BCUT2D eigenvalue weighted by molar-refractivity contribution is 6.37. The molecule has 0 fully saturated rings. The Morgan fingerprint density at radius 1 is 1.00 bits per heavy atom. The van der Waals surface area contributed by atoms with Crippen molar-refractivity contribution >= 4 is 17.6 Å². The van der Waals surface area contributed by atoms with Gasteiger partial charge in [-0.15, -0.1) is 0 Å². The van der Waals surface area contributed by atoms with Crippen LogP contribution in [-0.4, -0.2) is 18.5 Å². The van der Waals surface area contributed by atoms with Crippen LogP contribution >= 0.6 is 0 Å². The van der Waals surface area contributed by atoms with Crippen molar-refractivity contribution in [3.05, 3.63) is 29.8 Å². The lowest BCUT2D eigenvalue weighted by Gasteiger charge is -2.06. The minimum absolute atomic E-state index is 0.310. The number of carbonyl (C=O) groups is 2. The number of rotatable bonds is 8. The molecule has 0 spiro atoms. The Hall–Kier alpha value is -1.84. The number of hydrogen-bond donors (Lipinski definition) is 1. The molecule has 1 aromatic carbocycles. The van der Waals surface area contributed by atoms with Crippen molar-refractivity contribution in [3.8, 4) is 0 Å². The monoisotopic (exact) mass is 291 g/mol. The summed E-state index contributed by atoms with van der Waals surface area (Å²) < 4.78 is 4.95. The fourth-order valence-corrected chi connectivity index (χ4v) is 1.94. The summed E-state index contributed by atoms with van der Waals surface area (Å²) in [4.78, 5) is 23.2. The smallest absolute Gasteiger partial charge is 0.397 e. The predicted octanol–water partition coefficient (Wildman–Crippen LogP) is 3.70. The molecular formula is C17H25NO3. The molecular weight excluding hydrogens is 266 g/mol. The number of esters is 1. The van der Waals surface area contributed by atoms with Crippen LogP contribution < -0.4 is 5.32 Å². The molecule has 116 valence electrons. The Kier molecular flexibility index (Phi) is 8.17. The van der Waals surface area contributed by atoms with Gasteiger partial charge in [-0.2, -0.15) is 0 Å². The van der Waals surface area contributed by atoms with Gasteiger partial charge in [0.2, 0.25) is 0 Å². The van der Waals surface area contributed by atoms with Crippen molar-refractivity contribution in [2.45, 2.75) is 52.4 Å². The summed E-state index contributed by atoms with van der Waals surface area (Å²) in [6.45, 7) is 4.52. The number of carbonyl (C=O) groups excluding carboxylic acids is 2. The molecule has 0 aliphatic rings. The number of unbranched alkanes of at least 4 members (excludes halogenated alkanes) is 4. The molecule has 1 N–H and O–H groups in total. The Labute approximate surface area is 126 Å². The SMILES string of the molecule is CCCCCCCOC(=O)C(=O)Nc1ccc(CC)cc1. The minimum Gasteiger partial charge on any atom is -0.459 e. The third-order valence-electron chi connectivity index (χ3n) is 3.29. The molecule has 0 unspecified atom stereocenters. The molecule has 0 aliphatic heterocycles. The van der Waals surface area contributed by atoms with Crippen molar-refractivity contribution in [3.63, 3.8) is 0 Å². The lowest BCUT2D eigenvalue weighted by molar-refractivity contribution is -0.152. The third-order valence-corrected chi connectivity index (χ3v) is 3.29. The second-order valence-electron chi connectivity index (χ2n) is 5.05. The number of aryl methyl sites for hydroxylation is 1. The van der Waals surface area contributed by atoms with Crippen LogP contribution in [0.25, 0.3) is 0 Å². The minimum atomic E-state index is -0.815. The maximum absolute atomic E-state index is 11.6. The van der Waals surface area contributed by atoms with Crippen LogP contribution in [0.5, 0.6) is 0 Å². The standard InChI is InChI=1S/C17H25NO3/c1-3-5-6-7-8-13-21-17(20)16(19)18-15-11-9-14(4-2)10-12-15/h9-12H,3-8,13H2,1-2H3,(H,18,19). The first-order valence-corrected chi connectivity index (χ1v) is 7.74. The van der Waals surface area contributed by atoms with E-state index in [-0.39, 0.29) is 0 Å². The zero-order chi connectivity index (χ0) is 15.5. The van der Waals surface area contributed by atoms with Gasteiger partial charge in [0.1, 0.15) is 0 Å². The van der Waals surface area contributed by atoms with E-state index in [2.05, 4.69) is 19.2 Å². The van der Waals surface area contributed by atoms with Crippen molar-refractivity contribution in [2.75, 3.05) is 11.9 Å². The molecule has 0 saturated carbocycles. The molecule has 21 heavy (non-hydrogen) atoms. The number of nitrogens with one attached hydrogen (secondary N) is 1. The molecule has 0 heterocycles. The van der Waals surface area contributed by atoms with Crippen LogP contribution in [0.4, 0.5) is 5.69 Å². The van der Waals surface area contributed by atoms with E-state index >= 15 is 0 Å². The molecule has 4 nitrogen and oxygen atoms in total. The highest BCUT2D eigenvalue weighted by Crippen LogP contribution is 2.10. The van der Waals surface area contributed by atoms with Crippen molar-refractivity contribution < 1.29 is 14.3 Å². The highest BCUT2D eigenvalue weighted by atomic mass is 16.5. The first-order chi connectivity index (χ1) is 10.2. The van der Waals surface area contributed by atoms with E-state index in [4.69, 9.17) is 4.74 Å². The van der Waals surface area contributed by atoms with Crippen LogP contribution in [0.2, 0.25) is 0 Å². The van der Waals surface area contributed by atoms with E-state index in [1.807, 2.05) is 12.1 Å². The average Bonchev–Trinajstić information content (AvgIpc) is 2.51. The van der Waals surface area contributed by atoms with E-state index < -0.39 is 11.9 Å². The molecule has 0 saturated heterocycles. The van der Waals surface area contributed by atoms with Gasteiger partial charge in [-0.05, 0) is 30.5 Å². The second kappa shape index (κ2) is 9.97. The van der Waals surface area contributed by atoms with Gasteiger partial charge in [0.05, 0.1) is 6.61 Å². The molecule has 0 bridgehead atoms. The van der Waals surface area contributed by atoms with Gasteiger partial charge in [-0.1, -0.05) is 51.7 Å². The molecule has 1 amide bonds. The third kappa shape index (κ3) is 6.93. The van der Waals surface area contributed by atoms with Crippen LogP contribution in [0.1, 0.15) is 51.5 Å². The number of benzene rings is 1. The summed E-state index contributed by atoms with van der Waals surface area (Å²) in [5.74, 6) is -1.53. The van der Waals surface area contributed by atoms with Gasteiger partial charge in [0.15, 0.2) is 0 Å². The quantitative estimate of drug-likeness (QED) is 0.451. The van der Waals surface area contributed by atoms with Crippen LogP contribution in [0.3, 0.4) is 0 Å². The van der Waals surface area contributed by atoms with E-state index in [1.165, 1.54) is 18.4 Å². The molecule has 1 aromatic rings. The molecule has 0 aliphatic carbocycles. The Bertz CT molecular complexity index is 440. The topological polar surface area (TPSA) is 55.4 Å². The van der Waals surface area contributed by atoms with E-state index in [0.29, 0.717) is 12.3 Å². The first-order valence-electron chi connectivity index (χ1n) is 7.74. The number of anilines is 1. The van der Waals surface area contributed by atoms with E-state index in [9.17, 15) is 9.59 Å². The zero-order valence-electron chi connectivity index (χ0n) is 13.0. The molecule has 4 heteroatoms. The van der Waals surface area contributed by atoms with Gasteiger partial charge in [-0.25, -0.2) is 4.79 Å². The van der Waals surface area contributed by atoms with Gasteiger partial charge in [0.25, 0.3) is 0 Å². The lowest BCUT2D eigenvalue weighted by atomic mass is 10.1. The lowest BCUT2D eigenvalue weighted by Crippen LogP contribution is -2.25. The van der Waals surface area contributed by atoms with Crippen LogP contribution in [0, 0.1) is 0 Å². The van der Waals surface area contributed by atoms with Crippen LogP contribution in [0.15, 0.2) is 24.3 Å². The molecule has 0 radical (unpaired) electrons. The largest absolute Gasteiger partial charge is 0.459 e. The Morgan fingerprint density at radius 3 is 2.29 bits per heavy atom. The van der Waals surface area contributed by atoms with Gasteiger partial charge in [0, 0.05) is 5.69 Å². The number of hydrogen-bond acceptors (Lipinski definition) is 3. The van der Waals surface area contributed by atoms with Gasteiger partial charge in [-0.3, -0.25) is 4.79 Å². The summed E-state index contributed by atoms with van der Waals surface area (Å²) in [7, 11) is 0. The summed E-state index contributed by atoms with van der Waals surface area (Å²) in [5.41, 5.74) is 1.79. The summed E-state index contributed by atoms with van der Waals surface area (Å²) in [6, 6.07) is 7.42. The van der Waals surface area contributed by atoms with Crippen molar-refractivity contribution in [1.29, 1.82) is 0 Å². The van der Waals surface area contributed by atoms with Crippen molar-refractivity contribution in [1.82, 2.24) is 0 Å². The van der Waals surface area contributed by atoms with Crippen LogP contribution in [-0.2, 0) is 20.7 Å². The zero-order valence-corrected chi connectivity index (χ0v) is 13.0. The highest BCUT2D eigenvalue weighted by Gasteiger charge is 2.15. The summed E-state index contributed by atoms with van der Waals surface area (Å²) >= 11 is 0. The van der Waals surface area contributed by atoms with Gasteiger partial charge >= 0.3 is 11.9 Å². The van der Waals surface area contributed by atoms with Gasteiger partial charge < -0.3 is 10.1 Å².